The first-order chi connectivity index (χ1) is 8.04. The van der Waals surface area contributed by atoms with E-state index in [4.69, 9.17) is 15.3 Å². The van der Waals surface area contributed by atoms with Gasteiger partial charge in [-0.15, -0.1) is 0 Å². The second kappa shape index (κ2) is 6.58. The summed E-state index contributed by atoms with van der Waals surface area (Å²) in [6, 6.07) is 3.89. The van der Waals surface area contributed by atoms with Crippen molar-refractivity contribution in [2.45, 2.75) is 11.9 Å². The lowest BCUT2D eigenvalue weighted by Crippen LogP contribution is -2.14. The minimum absolute atomic E-state index is 0.309. The van der Waals surface area contributed by atoms with E-state index in [0.29, 0.717) is 17.1 Å². The smallest absolute Gasteiger partial charge is 0.338 e. The Hall–Kier alpha value is -1.11. The molecular formula is C11H13FO4S. The summed E-state index contributed by atoms with van der Waals surface area (Å²) in [6.45, 7) is -0.309. The van der Waals surface area contributed by atoms with Gasteiger partial charge in [0.25, 0.3) is 0 Å². The molecule has 0 spiro atoms. The number of benzene rings is 1. The molecule has 1 rings (SSSR count). The maximum Gasteiger partial charge on any atom is 0.338 e. The van der Waals surface area contributed by atoms with Crippen molar-refractivity contribution in [3.63, 3.8) is 0 Å². The largest absolute Gasteiger partial charge is 0.478 e. The fraction of sp³-hybridized carbons (Fsp3) is 0.364. The van der Waals surface area contributed by atoms with Gasteiger partial charge in [0.2, 0.25) is 0 Å². The Labute approximate surface area is 102 Å². The third kappa shape index (κ3) is 4.33. The van der Waals surface area contributed by atoms with Crippen LogP contribution < -0.4 is 0 Å². The summed E-state index contributed by atoms with van der Waals surface area (Å²) < 4.78 is 13.1. The van der Waals surface area contributed by atoms with Crippen LogP contribution in [0.1, 0.15) is 15.9 Å². The number of carbonyl (C=O) groups is 1. The summed E-state index contributed by atoms with van der Waals surface area (Å²) >= 11 is 1.34. The molecule has 0 aliphatic carbocycles. The van der Waals surface area contributed by atoms with E-state index in [1.54, 1.807) is 0 Å². The number of thioether (sulfide) groups is 1. The molecule has 0 radical (unpaired) electrons. The van der Waals surface area contributed by atoms with Crippen LogP contribution in [0.5, 0.6) is 0 Å². The predicted molar refractivity (Wildman–Crippen MR) is 62.6 cm³/mol. The zero-order valence-corrected chi connectivity index (χ0v) is 9.78. The Bertz CT molecular complexity index is 397. The molecule has 94 valence electrons. The average Bonchev–Trinajstić information content (AvgIpc) is 2.30. The summed E-state index contributed by atoms with van der Waals surface area (Å²) in [7, 11) is 0. The second-order valence-electron chi connectivity index (χ2n) is 3.47. The minimum Gasteiger partial charge on any atom is -0.478 e. The number of carboxylic acid groups (broad SMARTS) is 1. The Morgan fingerprint density at radius 3 is 2.76 bits per heavy atom. The van der Waals surface area contributed by atoms with Crippen molar-refractivity contribution in [2.75, 3.05) is 12.4 Å². The molecule has 0 heterocycles. The van der Waals surface area contributed by atoms with Crippen LogP contribution in [0.4, 0.5) is 4.39 Å². The van der Waals surface area contributed by atoms with Crippen molar-refractivity contribution in [3.8, 4) is 0 Å². The van der Waals surface area contributed by atoms with Gasteiger partial charge in [-0.2, -0.15) is 11.8 Å². The van der Waals surface area contributed by atoms with Crippen LogP contribution in [0.3, 0.4) is 0 Å². The molecule has 6 heteroatoms. The van der Waals surface area contributed by atoms with Gasteiger partial charge in [-0.1, -0.05) is 6.07 Å². The number of carboxylic acids is 1. The molecule has 1 aromatic rings. The lowest BCUT2D eigenvalue weighted by Gasteiger charge is -2.07. The molecule has 0 aliphatic rings. The van der Waals surface area contributed by atoms with Crippen LogP contribution in [-0.2, 0) is 5.75 Å². The highest BCUT2D eigenvalue weighted by Crippen LogP contribution is 2.17. The lowest BCUT2D eigenvalue weighted by molar-refractivity contribution is 0.0691. The molecule has 0 saturated carbocycles. The molecule has 1 aromatic carbocycles. The number of aliphatic hydroxyl groups is 2. The molecular weight excluding hydrogens is 247 g/mol. The van der Waals surface area contributed by atoms with E-state index in [1.165, 1.54) is 23.9 Å². The summed E-state index contributed by atoms with van der Waals surface area (Å²) in [5, 5.41) is 26.4. The highest BCUT2D eigenvalue weighted by molar-refractivity contribution is 7.98. The summed E-state index contributed by atoms with van der Waals surface area (Å²) in [5.74, 6) is -1.26. The Morgan fingerprint density at radius 2 is 2.18 bits per heavy atom. The molecule has 0 aliphatic heterocycles. The van der Waals surface area contributed by atoms with E-state index in [2.05, 4.69) is 0 Å². The third-order valence-corrected chi connectivity index (χ3v) is 3.21. The van der Waals surface area contributed by atoms with Gasteiger partial charge in [0.1, 0.15) is 5.82 Å². The third-order valence-electron chi connectivity index (χ3n) is 2.05. The number of hydrogen-bond acceptors (Lipinski definition) is 4. The van der Waals surface area contributed by atoms with Crippen LogP contribution in [0.25, 0.3) is 0 Å². The molecule has 0 fully saturated rings. The summed E-state index contributed by atoms with van der Waals surface area (Å²) in [6.07, 6.45) is -0.792. The molecule has 0 bridgehead atoms. The van der Waals surface area contributed by atoms with Crippen molar-refractivity contribution in [2.24, 2.45) is 0 Å². The van der Waals surface area contributed by atoms with Gasteiger partial charge in [0.15, 0.2) is 0 Å². The first-order valence-corrected chi connectivity index (χ1v) is 6.08. The predicted octanol–water partition coefficient (Wildman–Crippen LogP) is 1.11. The summed E-state index contributed by atoms with van der Waals surface area (Å²) in [5.41, 5.74) is 0.310. The van der Waals surface area contributed by atoms with E-state index in [0.717, 1.165) is 6.07 Å². The van der Waals surface area contributed by atoms with Gasteiger partial charge in [-0.3, -0.25) is 0 Å². The van der Waals surface area contributed by atoms with Gasteiger partial charge in [0.05, 0.1) is 18.3 Å². The van der Waals surface area contributed by atoms with Gasteiger partial charge in [0, 0.05) is 11.5 Å². The zero-order valence-electron chi connectivity index (χ0n) is 8.97. The first kappa shape index (κ1) is 14.0. The number of aromatic carboxylic acids is 1. The topological polar surface area (TPSA) is 77.8 Å². The maximum absolute atomic E-state index is 13.1. The van der Waals surface area contributed by atoms with E-state index >= 15 is 0 Å². The quantitative estimate of drug-likeness (QED) is 0.714. The van der Waals surface area contributed by atoms with Crippen molar-refractivity contribution < 1.29 is 24.5 Å². The minimum atomic E-state index is -1.30. The Kier molecular flexibility index (Phi) is 5.40. The van der Waals surface area contributed by atoms with Crippen molar-refractivity contribution in [1.82, 2.24) is 0 Å². The van der Waals surface area contributed by atoms with Gasteiger partial charge in [-0.25, -0.2) is 9.18 Å². The van der Waals surface area contributed by atoms with Crippen LogP contribution in [0.15, 0.2) is 18.2 Å². The fourth-order valence-corrected chi connectivity index (χ4v) is 2.10. The zero-order chi connectivity index (χ0) is 12.8. The van der Waals surface area contributed by atoms with E-state index in [9.17, 15) is 9.18 Å². The van der Waals surface area contributed by atoms with Crippen LogP contribution >= 0.6 is 11.8 Å². The van der Waals surface area contributed by atoms with E-state index in [1.807, 2.05) is 0 Å². The SMILES string of the molecule is O=C(O)c1cc(CSCC(O)CO)ccc1F. The lowest BCUT2D eigenvalue weighted by atomic mass is 10.1. The van der Waals surface area contributed by atoms with Crippen molar-refractivity contribution in [1.29, 1.82) is 0 Å². The van der Waals surface area contributed by atoms with E-state index < -0.39 is 17.9 Å². The van der Waals surface area contributed by atoms with Crippen LogP contribution in [0, 0.1) is 5.82 Å². The van der Waals surface area contributed by atoms with Gasteiger partial charge >= 0.3 is 5.97 Å². The van der Waals surface area contributed by atoms with Crippen molar-refractivity contribution >= 4 is 17.7 Å². The molecule has 3 N–H and O–H groups in total. The average molecular weight is 260 g/mol. The molecule has 0 saturated heterocycles. The highest BCUT2D eigenvalue weighted by atomic mass is 32.2. The van der Waals surface area contributed by atoms with Gasteiger partial charge < -0.3 is 15.3 Å². The molecule has 4 nitrogen and oxygen atoms in total. The van der Waals surface area contributed by atoms with Crippen LogP contribution in [0.2, 0.25) is 0 Å². The standard InChI is InChI=1S/C11H13FO4S/c12-10-2-1-7(3-9(10)11(15)16)5-17-6-8(14)4-13/h1-3,8,13-14H,4-6H2,(H,15,16). The molecule has 17 heavy (non-hydrogen) atoms. The van der Waals surface area contributed by atoms with E-state index in [-0.39, 0.29) is 12.2 Å². The number of aliphatic hydroxyl groups excluding tert-OH is 2. The number of halogens is 1. The Morgan fingerprint density at radius 1 is 1.47 bits per heavy atom. The molecule has 0 aromatic heterocycles. The molecule has 1 unspecified atom stereocenters. The number of rotatable bonds is 6. The highest BCUT2D eigenvalue weighted by Gasteiger charge is 2.11. The monoisotopic (exact) mass is 260 g/mol. The Balaban J connectivity index is 2.60. The maximum atomic E-state index is 13.1. The molecule has 1 atom stereocenters. The van der Waals surface area contributed by atoms with Crippen LogP contribution in [-0.4, -0.2) is 39.8 Å². The normalized spacial score (nSPS) is 12.4. The first-order valence-electron chi connectivity index (χ1n) is 4.93. The number of hydrogen-bond donors (Lipinski definition) is 3. The second-order valence-corrected chi connectivity index (χ2v) is 4.50. The fourth-order valence-electron chi connectivity index (χ4n) is 1.19. The van der Waals surface area contributed by atoms with Gasteiger partial charge in [-0.05, 0) is 17.7 Å². The van der Waals surface area contributed by atoms with Crippen molar-refractivity contribution in [3.05, 3.63) is 35.1 Å². The molecule has 0 amide bonds. The summed E-state index contributed by atoms with van der Waals surface area (Å²) in [4.78, 5) is 10.7.